The van der Waals surface area contributed by atoms with Crippen LogP contribution in [0.3, 0.4) is 0 Å². The van der Waals surface area contributed by atoms with Crippen LogP contribution in [0.4, 0.5) is 0 Å². The molecular weight excluding hydrogens is 164 g/mol. The first-order valence-corrected chi connectivity index (χ1v) is 5.59. The van der Waals surface area contributed by atoms with E-state index in [0.29, 0.717) is 12.5 Å². The summed E-state index contributed by atoms with van der Waals surface area (Å²) < 4.78 is 5.55. The van der Waals surface area contributed by atoms with Crippen molar-refractivity contribution < 1.29 is 9.84 Å². The molecule has 0 spiro atoms. The molecule has 13 heavy (non-hydrogen) atoms. The first kappa shape index (κ1) is 11.0. The molecule has 1 fully saturated rings. The molecule has 0 amide bonds. The Hall–Kier alpha value is -0.0800. The van der Waals surface area contributed by atoms with Crippen LogP contribution in [-0.2, 0) is 4.74 Å². The van der Waals surface area contributed by atoms with Gasteiger partial charge in [-0.2, -0.15) is 0 Å². The van der Waals surface area contributed by atoms with Crippen molar-refractivity contribution in [3.8, 4) is 0 Å². The van der Waals surface area contributed by atoms with Crippen LogP contribution in [0.15, 0.2) is 0 Å². The van der Waals surface area contributed by atoms with E-state index in [4.69, 9.17) is 4.74 Å². The molecule has 0 heterocycles. The van der Waals surface area contributed by atoms with E-state index in [1.54, 1.807) is 0 Å². The number of aliphatic hydroxyl groups is 1. The van der Waals surface area contributed by atoms with Gasteiger partial charge in [-0.05, 0) is 32.1 Å². The summed E-state index contributed by atoms with van der Waals surface area (Å²) in [7, 11) is 0. The first-order chi connectivity index (χ1) is 6.29. The lowest BCUT2D eigenvalue weighted by molar-refractivity contribution is -0.0772. The Labute approximate surface area is 81.3 Å². The lowest BCUT2D eigenvalue weighted by Gasteiger charge is -2.35. The minimum Gasteiger partial charge on any atom is -0.390 e. The molecule has 1 aliphatic rings. The molecule has 2 heteroatoms. The Bertz CT molecular complexity index is 126. The van der Waals surface area contributed by atoms with E-state index in [2.05, 4.69) is 6.92 Å². The predicted octanol–water partition coefficient (Wildman–Crippen LogP) is 2.35. The van der Waals surface area contributed by atoms with Gasteiger partial charge in [-0.3, -0.25) is 0 Å². The maximum Gasteiger partial charge on any atom is 0.0836 e. The number of aliphatic hydroxyl groups excluding tert-OH is 1. The zero-order valence-corrected chi connectivity index (χ0v) is 8.83. The third-order valence-corrected chi connectivity index (χ3v) is 2.97. The number of hydrogen-bond donors (Lipinski definition) is 1. The normalized spacial score (nSPS) is 22.4. The second kappa shape index (κ2) is 5.61. The van der Waals surface area contributed by atoms with Gasteiger partial charge in [0.15, 0.2) is 0 Å². The van der Waals surface area contributed by atoms with Gasteiger partial charge in [0.25, 0.3) is 0 Å². The Morgan fingerprint density at radius 1 is 1.38 bits per heavy atom. The molecule has 78 valence electrons. The molecule has 2 unspecified atom stereocenters. The van der Waals surface area contributed by atoms with Crippen molar-refractivity contribution in [2.45, 2.75) is 58.2 Å². The largest absolute Gasteiger partial charge is 0.390 e. The van der Waals surface area contributed by atoms with Crippen molar-refractivity contribution in [3.05, 3.63) is 0 Å². The Morgan fingerprint density at radius 2 is 2.08 bits per heavy atom. The molecule has 0 bridgehead atoms. The third-order valence-electron chi connectivity index (χ3n) is 2.97. The van der Waals surface area contributed by atoms with Gasteiger partial charge in [-0.15, -0.1) is 0 Å². The van der Waals surface area contributed by atoms with Gasteiger partial charge < -0.3 is 9.84 Å². The summed E-state index contributed by atoms with van der Waals surface area (Å²) in [5.41, 5.74) is 0. The summed E-state index contributed by atoms with van der Waals surface area (Å²) in [5, 5.41) is 9.97. The van der Waals surface area contributed by atoms with E-state index < -0.39 is 0 Å². The van der Waals surface area contributed by atoms with Gasteiger partial charge in [-0.25, -0.2) is 0 Å². The van der Waals surface area contributed by atoms with Crippen molar-refractivity contribution in [1.82, 2.24) is 0 Å². The van der Waals surface area contributed by atoms with Crippen LogP contribution in [0.1, 0.15) is 46.0 Å². The molecule has 0 radical (unpaired) electrons. The average molecular weight is 186 g/mol. The highest BCUT2D eigenvalue weighted by atomic mass is 16.5. The summed E-state index contributed by atoms with van der Waals surface area (Å²) in [5.74, 6) is 0.517. The van der Waals surface area contributed by atoms with Crippen LogP contribution in [0.5, 0.6) is 0 Å². The molecule has 1 N–H and O–H groups in total. The number of hydrogen-bond acceptors (Lipinski definition) is 2. The van der Waals surface area contributed by atoms with Crippen LogP contribution in [0.25, 0.3) is 0 Å². The summed E-state index contributed by atoms with van der Waals surface area (Å²) in [4.78, 5) is 0. The van der Waals surface area contributed by atoms with Crippen LogP contribution >= 0.6 is 0 Å². The molecule has 0 aromatic rings. The maximum absolute atomic E-state index is 9.97. The summed E-state index contributed by atoms with van der Waals surface area (Å²) in [6, 6.07) is 0. The van der Waals surface area contributed by atoms with Crippen molar-refractivity contribution in [1.29, 1.82) is 0 Å². The van der Waals surface area contributed by atoms with Crippen LogP contribution in [-0.4, -0.2) is 23.9 Å². The molecule has 0 saturated heterocycles. The van der Waals surface area contributed by atoms with Gasteiger partial charge in [0, 0.05) is 6.61 Å². The molecule has 0 aliphatic heterocycles. The van der Waals surface area contributed by atoms with Crippen molar-refractivity contribution >= 4 is 0 Å². The van der Waals surface area contributed by atoms with Crippen molar-refractivity contribution in [2.24, 2.45) is 5.92 Å². The highest BCUT2D eigenvalue weighted by Crippen LogP contribution is 2.32. The molecule has 2 atom stereocenters. The highest BCUT2D eigenvalue weighted by molar-refractivity contribution is 4.82. The zero-order valence-electron chi connectivity index (χ0n) is 8.83. The summed E-state index contributed by atoms with van der Waals surface area (Å²) in [6.07, 6.45) is 5.61. The second-order valence-corrected chi connectivity index (χ2v) is 3.96. The van der Waals surface area contributed by atoms with Crippen molar-refractivity contribution in [2.75, 3.05) is 6.61 Å². The van der Waals surface area contributed by atoms with Crippen molar-refractivity contribution in [3.63, 3.8) is 0 Å². The van der Waals surface area contributed by atoms with Gasteiger partial charge in [-0.1, -0.05) is 19.8 Å². The van der Waals surface area contributed by atoms with Gasteiger partial charge in [0.1, 0.15) is 0 Å². The summed E-state index contributed by atoms with van der Waals surface area (Å²) >= 11 is 0. The smallest absolute Gasteiger partial charge is 0.0836 e. The van der Waals surface area contributed by atoms with Crippen LogP contribution < -0.4 is 0 Å². The van der Waals surface area contributed by atoms with Gasteiger partial charge >= 0.3 is 0 Å². The van der Waals surface area contributed by atoms with Crippen LogP contribution in [0, 0.1) is 5.92 Å². The Balaban J connectivity index is 2.32. The molecule has 2 nitrogen and oxygen atoms in total. The molecule has 0 aromatic carbocycles. The lowest BCUT2D eigenvalue weighted by Crippen LogP contribution is -2.38. The van der Waals surface area contributed by atoms with E-state index >= 15 is 0 Å². The van der Waals surface area contributed by atoms with Crippen LogP contribution in [0.2, 0.25) is 0 Å². The fourth-order valence-electron chi connectivity index (χ4n) is 1.94. The minimum atomic E-state index is -0.214. The molecule has 1 aliphatic carbocycles. The molecular formula is C11H22O2. The number of ether oxygens (including phenoxy) is 1. The number of rotatable bonds is 6. The predicted molar refractivity (Wildman–Crippen MR) is 53.7 cm³/mol. The van der Waals surface area contributed by atoms with E-state index in [0.717, 1.165) is 12.8 Å². The fourth-order valence-corrected chi connectivity index (χ4v) is 1.94. The van der Waals surface area contributed by atoms with E-state index in [1.165, 1.54) is 19.3 Å². The standard InChI is InChI=1S/C11H22O2/c1-3-6-10(13-4-2)11(12)9-7-5-8-9/h9-12H,3-8H2,1-2H3. The summed E-state index contributed by atoms with van der Waals surface area (Å²) in [6.45, 7) is 4.85. The Kier molecular flexibility index (Phi) is 4.74. The fraction of sp³-hybridized carbons (Fsp3) is 1.00. The Morgan fingerprint density at radius 3 is 2.46 bits per heavy atom. The SMILES string of the molecule is CCCC(OCC)C(O)C1CCC1. The van der Waals surface area contributed by atoms with E-state index in [-0.39, 0.29) is 12.2 Å². The quantitative estimate of drug-likeness (QED) is 0.690. The van der Waals surface area contributed by atoms with Gasteiger partial charge in [0.05, 0.1) is 12.2 Å². The molecule has 0 aromatic heterocycles. The van der Waals surface area contributed by atoms with Gasteiger partial charge in [0.2, 0.25) is 0 Å². The first-order valence-electron chi connectivity index (χ1n) is 5.59. The third kappa shape index (κ3) is 2.96. The van der Waals surface area contributed by atoms with E-state index in [1.807, 2.05) is 6.92 Å². The minimum absolute atomic E-state index is 0.0836. The monoisotopic (exact) mass is 186 g/mol. The molecule has 1 rings (SSSR count). The average Bonchev–Trinajstić information content (AvgIpc) is 2.01. The second-order valence-electron chi connectivity index (χ2n) is 3.96. The lowest BCUT2D eigenvalue weighted by atomic mass is 9.78. The highest BCUT2D eigenvalue weighted by Gasteiger charge is 2.31. The topological polar surface area (TPSA) is 29.5 Å². The van der Waals surface area contributed by atoms with E-state index in [9.17, 15) is 5.11 Å². The maximum atomic E-state index is 9.97. The molecule has 1 saturated carbocycles. The zero-order chi connectivity index (χ0) is 9.68.